The van der Waals surface area contributed by atoms with Crippen LogP contribution in [0.15, 0.2) is 48.5 Å². The topological polar surface area (TPSA) is 102 Å². The summed E-state index contributed by atoms with van der Waals surface area (Å²) in [4.78, 5) is 25.1. The number of urea groups is 1. The Labute approximate surface area is 150 Å². The highest BCUT2D eigenvalue weighted by atomic mass is 16.2. The summed E-state index contributed by atoms with van der Waals surface area (Å²) in [6, 6.07) is 14.3. The van der Waals surface area contributed by atoms with Crippen molar-refractivity contribution in [2.75, 3.05) is 5.32 Å². The number of aryl methyl sites for hydroxylation is 2. The van der Waals surface area contributed by atoms with Crippen molar-refractivity contribution in [1.82, 2.24) is 25.5 Å². The summed E-state index contributed by atoms with van der Waals surface area (Å²) < 4.78 is 0. The van der Waals surface area contributed by atoms with Crippen molar-refractivity contribution in [3.05, 3.63) is 59.7 Å². The van der Waals surface area contributed by atoms with Crippen LogP contribution < -0.4 is 10.6 Å². The molecule has 1 heterocycles. The molecule has 2 aromatic carbocycles. The van der Waals surface area contributed by atoms with Gasteiger partial charge >= 0.3 is 6.03 Å². The van der Waals surface area contributed by atoms with Crippen LogP contribution in [0.5, 0.6) is 0 Å². The number of anilines is 1. The van der Waals surface area contributed by atoms with Crippen molar-refractivity contribution < 1.29 is 9.59 Å². The van der Waals surface area contributed by atoms with E-state index in [2.05, 4.69) is 26.0 Å². The number of nitrogens with one attached hydrogen (secondary N) is 2. The number of nitrogens with zero attached hydrogens (tertiary/aromatic N) is 4. The van der Waals surface area contributed by atoms with Crippen LogP contribution in [0, 0.1) is 13.8 Å². The Morgan fingerprint density at radius 3 is 2.42 bits per heavy atom. The molecule has 0 fully saturated rings. The quantitative estimate of drug-likeness (QED) is 0.752. The number of hydrogen-bond acceptors (Lipinski definition) is 5. The Bertz CT molecular complexity index is 950. The van der Waals surface area contributed by atoms with Gasteiger partial charge in [-0.3, -0.25) is 10.1 Å². The minimum absolute atomic E-state index is 0.208. The lowest BCUT2D eigenvalue weighted by atomic mass is 10.1. The summed E-state index contributed by atoms with van der Waals surface area (Å²) in [5.41, 5.74) is 3.39. The first-order valence-electron chi connectivity index (χ1n) is 8.03. The zero-order valence-electron chi connectivity index (χ0n) is 14.4. The van der Waals surface area contributed by atoms with Crippen molar-refractivity contribution in [1.29, 1.82) is 0 Å². The monoisotopic (exact) mass is 350 g/mol. The molecule has 3 amide bonds. The first-order valence-corrected chi connectivity index (χ1v) is 8.03. The Balaban J connectivity index is 1.60. The molecular formula is C18H18N6O2. The summed E-state index contributed by atoms with van der Waals surface area (Å²) in [6.45, 7) is 3.60. The third-order valence-corrected chi connectivity index (χ3v) is 3.77. The fraction of sp³-hybridized carbons (Fsp3) is 0.167. The highest BCUT2D eigenvalue weighted by Crippen LogP contribution is 2.17. The highest BCUT2D eigenvalue weighted by Gasteiger charge is 2.13. The lowest BCUT2D eigenvalue weighted by Crippen LogP contribution is -2.37. The molecule has 0 atom stereocenters. The van der Waals surface area contributed by atoms with E-state index in [4.69, 9.17) is 0 Å². The lowest BCUT2D eigenvalue weighted by Gasteiger charge is -2.08. The van der Waals surface area contributed by atoms with Gasteiger partial charge in [-0.2, -0.15) is 4.80 Å². The number of rotatable bonds is 4. The molecule has 0 aliphatic heterocycles. The molecule has 0 spiro atoms. The number of para-hydroxylation sites is 1. The van der Waals surface area contributed by atoms with Gasteiger partial charge in [0.25, 0.3) is 5.91 Å². The van der Waals surface area contributed by atoms with Gasteiger partial charge in [-0.05, 0) is 36.3 Å². The fourth-order valence-electron chi connectivity index (χ4n) is 2.40. The summed E-state index contributed by atoms with van der Waals surface area (Å²) in [7, 11) is 0. The molecule has 0 saturated carbocycles. The largest absolute Gasteiger partial charge is 0.325 e. The smallest absolute Gasteiger partial charge is 0.307 e. The molecule has 132 valence electrons. The van der Waals surface area contributed by atoms with Crippen molar-refractivity contribution in [3.8, 4) is 11.4 Å². The number of hydrogen-bond donors (Lipinski definition) is 2. The number of carbonyl (C=O) groups excluding carboxylic acids is 2. The van der Waals surface area contributed by atoms with E-state index in [-0.39, 0.29) is 6.54 Å². The van der Waals surface area contributed by atoms with Gasteiger partial charge in [0.15, 0.2) is 0 Å². The fourth-order valence-corrected chi connectivity index (χ4v) is 2.40. The van der Waals surface area contributed by atoms with Gasteiger partial charge in [-0.15, -0.1) is 10.2 Å². The highest BCUT2D eigenvalue weighted by molar-refractivity contribution is 6.01. The van der Waals surface area contributed by atoms with E-state index in [1.165, 1.54) is 0 Å². The van der Waals surface area contributed by atoms with Crippen molar-refractivity contribution in [2.45, 2.75) is 20.4 Å². The molecule has 0 bridgehead atoms. The first-order chi connectivity index (χ1) is 12.5. The molecule has 0 saturated heterocycles. The van der Waals surface area contributed by atoms with Crippen LogP contribution in [-0.4, -0.2) is 32.1 Å². The van der Waals surface area contributed by atoms with E-state index < -0.39 is 11.9 Å². The Morgan fingerprint density at radius 1 is 1.00 bits per heavy atom. The second-order valence-corrected chi connectivity index (χ2v) is 5.78. The SMILES string of the molecule is Cc1ccccc1NC(=O)NC(=O)Cn1nnc(-c2ccccc2C)n1. The van der Waals surface area contributed by atoms with Crippen LogP contribution >= 0.6 is 0 Å². The van der Waals surface area contributed by atoms with Crippen LogP contribution in [0.1, 0.15) is 11.1 Å². The Kier molecular flexibility index (Phi) is 5.02. The first kappa shape index (κ1) is 17.3. The maximum atomic E-state index is 12.0. The number of aromatic nitrogens is 4. The molecule has 3 aromatic rings. The number of tetrazole rings is 1. The van der Waals surface area contributed by atoms with Crippen LogP contribution in [0.25, 0.3) is 11.4 Å². The molecular weight excluding hydrogens is 332 g/mol. The van der Waals surface area contributed by atoms with E-state index in [9.17, 15) is 9.59 Å². The van der Waals surface area contributed by atoms with Crippen LogP contribution in [0.2, 0.25) is 0 Å². The Hall–Kier alpha value is -3.55. The van der Waals surface area contributed by atoms with E-state index in [0.717, 1.165) is 21.5 Å². The average Bonchev–Trinajstić information content (AvgIpc) is 3.05. The molecule has 3 rings (SSSR count). The van der Waals surface area contributed by atoms with Gasteiger partial charge < -0.3 is 5.32 Å². The zero-order valence-corrected chi connectivity index (χ0v) is 14.4. The molecule has 0 aliphatic rings. The maximum Gasteiger partial charge on any atom is 0.325 e. The van der Waals surface area contributed by atoms with Gasteiger partial charge in [0, 0.05) is 11.3 Å². The van der Waals surface area contributed by atoms with Crippen LogP contribution in [0.4, 0.5) is 10.5 Å². The van der Waals surface area contributed by atoms with E-state index >= 15 is 0 Å². The minimum atomic E-state index is -0.608. The zero-order chi connectivity index (χ0) is 18.5. The number of amides is 3. The lowest BCUT2D eigenvalue weighted by molar-refractivity contribution is -0.120. The third kappa shape index (κ3) is 4.10. The molecule has 1 aromatic heterocycles. The second-order valence-electron chi connectivity index (χ2n) is 5.78. The van der Waals surface area contributed by atoms with Gasteiger partial charge in [-0.1, -0.05) is 42.5 Å². The molecule has 0 unspecified atom stereocenters. The molecule has 8 heteroatoms. The molecule has 8 nitrogen and oxygen atoms in total. The minimum Gasteiger partial charge on any atom is -0.307 e. The van der Waals surface area contributed by atoms with Gasteiger partial charge in [0.05, 0.1) is 0 Å². The van der Waals surface area contributed by atoms with Crippen molar-refractivity contribution in [3.63, 3.8) is 0 Å². The summed E-state index contributed by atoms with van der Waals surface area (Å²) in [6.07, 6.45) is 0. The van der Waals surface area contributed by atoms with Gasteiger partial charge in [-0.25, -0.2) is 4.79 Å². The molecule has 26 heavy (non-hydrogen) atoms. The van der Waals surface area contributed by atoms with Crippen molar-refractivity contribution >= 4 is 17.6 Å². The predicted molar refractivity (Wildman–Crippen MR) is 96.3 cm³/mol. The molecule has 2 N–H and O–H groups in total. The number of benzene rings is 2. The Morgan fingerprint density at radius 2 is 1.69 bits per heavy atom. The van der Waals surface area contributed by atoms with Crippen LogP contribution in [0.3, 0.4) is 0 Å². The van der Waals surface area contributed by atoms with E-state index in [1.807, 2.05) is 50.2 Å². The van der Waals surface area contributed by atoms with Crippen molar-refractivity contribution in [2.24, 2.45) is 0 Å². The maximum absolute atomic E-state index is 12.0. The number of imide groups is 1. The number of carbonyl (C=O) groups is 2. The molecule has 0 aliphatic carbocycles. The average molecular weight is 350 g/mol. The summed E-state index contributed by atoms with van der Waals surface area (Å²) >= 11 is 0. The van der Waals surface area contributed by atoms with Gasteiger partial charge in [0.1, 0.15) is 6.54 Å². The van der Waals surface area contributed by atoms with Crippen LogP contribution in [-0.2, 0) is 11.3 Å². The normalized spacial score (nSPS) is 10.4. The van der Waals surface area contributed by atoms with E-state index in [1.54, 1.807) is 12.1 Å². The second kappa shape index (κ2) is 7.56. The van der Waals surface area contributed by atoms with E-state index in [0.29, 0.717) is 11.5 Å². The van der Waals surface area contributed by atoms with Gasteiger partial charge in [0.2, 0.25) is 5.82 Å². The standard InChI is InChI=1S/C18H18N6O2/c1-12-7-3-5-9-14(12)17-21-23-24(22-17)11-16(25)20-18(26)19-15-10-6-4-8-13(15)2/h3-10H,11H2,1-2H3,(H2,19,20,25,26). The predicted octanol–water partition coefficient (Wildman–Crippen LogP) is 2.31. The molecule has 0 radical (unpaired) electrons. The third-order valence-electron chi connectivity index (χ3n) is 3.77. The summed E-state index contributed by atoms with van der Waals surface area (Å²) in [5.74, 6) is -0.106. The summed E-state index contributed by atoms with van der Waals surface area (Å²) in [5, 5.41) is 16.9.